The van der Waals surface area contributed by atoms with Crippen molar-refractivity contribution in [2.75, 3.05) is 39.8 Å². The van der Waals surface area contributed by atoms with Crippen LogP contribution in [0.5, 0.6) is 0 Å². The standard InChI is InChI=1S/C29H38N8O6/c1-19(33-29(43)36-15-13-31-14-16-36)27(41)32-20(2)28(42)34-37(18-24(30)38)26(40)12-11-25(39)35(3)17-22-9-6-8-21-7-4-5-10-23(21)22/h4-12,19-20,31H,13-18H2,1-3H3,(H2,30,38)(H,32,41)(H,33,43)(H,34,42)/b12-11+/t19-,20-/m0/s1. The fraction of sp³-hybridized carbons (Fsp3) is 0.379. The molecule has 0 saturated carbocycles. The van der Waals surface area contributed by atoms with E-state index in [2.05, 4.69) is 21.4 Å². The molecule has 0 bridgehead atoms. The maximum Gasteiger partial charge on any atom is 0.318 e. The van der Waals surface area contributed by atoms with E-state index in [4.69, 9.17) is 5.73 Å². The third-order valence-corrected chi connectivity index (χ3v) is 6.75. The molecule has 1 heterocycles. The van der Waals surface area contributed by atoms with E-state index in [9.17, 15) is 28.8 Å². The zero-order chi connectivity index (χ0) is 31.5. The van der Waals surface area contributed by atoms with E-state index in [-0.39, 0.29) is 6.54 Å². The van der Waals surface area contributed by atoms with Crippen LogP contribution in [-0.4, -0.2) is 102 Å². The Kier molecular flexibility index (Phi) is 11.6. The highest BCUT2D eigenvalue weighted by molar-refractivity contribution is 5.99. The van der Waals surface area contributed by atoms with Crippen molar-refractivity contribution in [2.24, 2.45) is 5.73 Å². The second-order valence-electron chi connectivity index (χ2n) is 10.2. The summed E-state index contributed by atoms with van der Waals surface area (Å²) >= 11 is 0. The maximum atomic E-state index is 12.8. The van der Waals surface area contributed by atoms with Gasteiger partial charge in [0.05, 0.1) is 0 Å². The fourth-order valence-electron chi connectivity index (χ4n) is 4.30. The molecule has 0 aromatic heterocycles. The highest BCUT2D eigenvalue weighted by Gasteiger charge is 2.26. The molecule has 14 heteroatoms. The van der Waals surface area contributed by atoms with Gasteiger partial charge in [-0.25, -0.2) is 9.80 Å². The van der Waals surface area contributed by atoms with E-state index in [0.717, 1.165) is 28.5 Å². The average Bonchev–Trinajstić information content (AvgIpc) is 2.99. The molecule has 2 aromatic rings. The summed E-state index contributed by atoms with van der Waals surface area (Å²) in [6.07, 6.45) is 1.95. The Morgan fingerprint density at radius 2 is 1.53 bits per heavy atom. The summed E-state index contributed by atoms with van der Waals surface area (Å²) < 4.78 is 0. The number of urea groups is 1. The molecule has 230 valence electrons. The van der Waals surface area contributed by atoms with Gasteiger partial charge in [0.2, 0.25) is 17.7 Å². The largest absolute Gasteiger partial charge is 0.368 e. The second-order valence-corrected chi connectivity index (χ2v) is 10.2. The second kappa shape index (κ2) is 15.3. The van der Waals surface area contributed by atoms with Gasteiger partial charge in [0.1, 0.15) is 18.6 Å². The Bertz CT molecular complexity index is 1380. The predicted molar refractivity (Wildman–Crippen MR) is 159 cm³/mol. The number of benzene rings is 2. The van der Waals surface area contributed by atoms with Crippen LogP contribution in [-0.2, 0) is 30.5 Å². The number of fused-ring (bicyclic) bond motifs is 1. The van der Waals surface area contributed by atoms with Crippen LogP contribution in [0.3, 0.4) is 0 Å². The summed E-state index contributed by atoms with van der Waals surface area (Å²) in [5.74, 6) is -3.73. The maximum absolute atomic E-state index is 12.8. The van der Waals surface area contributed by atoms with Crippen LogP contribution in [0.2, 0.25) is 0 Å². The Morgan fingerprint density at radius 3 is 2.23 bits per heavy atom. The number of rotatable bonds is 10. The van der Waals surface area contributed by atoms with Crippen molar-refractivity contribution < 1.29 is 28.8 Å². The first-order valence-corrected chi connectivity index (χ1v) is 13.8. The highest BCUT2D eigenvalue weighted by atomic mass is 16.2. The Labute approximate surface area is 249 Å². The smallest absolute Gasteiger partial charge is 0.318 e. The van der Waals surface area contributed by atoms with E-state index in [0.29, 0.717) is 31.2 Å². The van der Waals surface area contributed by atoms with Gasteiger partial charge in [-0.2, -0.15) is 0 Å². The zero-order valence-electron chi connectivity index (χ0n) is 24.5. The molecule has 2 atom stereocenters. The lowest BCUT2D eigenvalue weighted by molar-refractivity contribution is -0.142. The number of hydrogen-bond acceptors (Lipinski definition) is 7. The average molecular weight is 595 g/mol. The van der Waals surface area contributed by atoms with Crippen molar-refractivity contribution in [2.45, 2.75) is 32.5 Å². The van der Waals surface area contributed by atoms with Crippen molar-refractivity contribution in [1.29, 1.82) is 0 Å². The van der Waals surface area contributed by atoms with Crippen LogP contribution in [0.4, 0.5) is 4.79 Å². The van der Waals surface area contributed by atoms with Crippen LogP contribution in [0, 0.1) is 0 Å². The van der Waals surface area contributed by atoms with Crippen LogP contribution in [0.1, 0.15) is 19.4 Å². The lowest BCUT2D eigenvalue weighted by Crippen LogP contribution is -2.58. The Balaban J connectivity index is 1.55. The Hall–Kier alpha value is -4.98. The first-order valence-electron chi connectivity index (χ1n) is 13.8. The first-order chi connectivity index (χ1) is 20.5. The molecule has 1 aliphatic rings. The molecule has 14 nitrogen and oxygen atoms in total. The molecule has 0 aliphatic carbocycles. The SMILES string of the molecule is C[C@H](NC(=O)[C@H](C)NC(=O)N1CCNCC1)C(=O)NN(CC(N)=O)C(=O)/C=C/C(=O)N(C)Cc1cccc2ccccc12. The first kappa shape index (κ1) is 32.5. The van der Waals surface area contributed by atoms with E-state index >= 15 is 0 Å². The number of hydrazine groups is 1. The molecular formula is C29H38N8O6. The van der Waals surface area contributed by atoms with E-state index in [1.54, 1.807) is 11.9 Å². The highest BCUT2D eigenvalue weighted by Crippen LogP contribution is 2.19. The summed E-state index contributed by atoms with van der Waals surface area (Å²) in [6.45, 7) is 4.76. The quantitative estimate of drug-likeness (QED) is 0.176. The van der Waals surface area contributed by atoms with E-state index in [1.165, 1.54) is 18.7 Å². The van der Waals surface area contributed by atoms with Gasteiger partial charge in [-0.15, -0.1) is 0 Å². The van der Waals surface area contributed by atoms with Gasteiger partial charge >= 0.3 is 6.03 Å². The van der Waals surface area contributed by atoms with Crippen LogP contribution in [0.25, 0.3) is 10.8 Å². The molecule has 2 aromatic carbocycles. The summed E-state index contributed by atoms with van der Waals surface area (Å²) in [4.78, 5) is 77.8. The number of piperazine rings is 1. The summed E-state index contributed by atoms with van der Waals surface area (Å²) in [7, 11) is 1.58. The summed E-state index contributed by atoms with van der Waals surface area (Å²) in [6, 6.07) is 11.1. The summed E-state index contributed by atoms with van der Waals surface area (Å²) in [5.41, 5.74) is 8.42. The minimum Gasteiger partial charge on any atom is -0.368 e. The summed E-state index contributed by atoms with van der Waals surface area (Å²) in [5, 5.41) is 10.8. The number of nitrogens with one attached hydrogen (secondary N) is 4. The molecule has 0 unspecified atom stereocenters. The van der Waals surface area contributed by atoms with Crippen molar-refractivity contribution in [3.05, 3.63) is 60.2 Å². The van der Waals surface area contributed by atoms with Gasteiger partial charge in [0.15, 0.2) is 0 Å². The molecule has 43 heavy (non-hydrogen) atoms. The number of nitrogens with zero attached hydrogens (tertiary/aromatic N) is 3. The minimum absolute atomic E-state index is 0.284. The zero-order valence-corrected chi connectivity index (χ0v) is 24.5. The molecule has 1 saturated heterocycles. The van der Waals surface area contributed by atoms with Crippen molar-refractivity contribution in [1.82, 2.24) is 36.2 Å². The van der Waals surface area contributed by atoms with Gasteiger partial charge in [-0.05, 0) is 30.2 Å². The molecule has 1 fully saturated rings. The number of likely N-dealkylation sites (N-methyl/N-ethyl adjacent to an activating group) is 1. The molecule has 0 spiro atoms. The van der Waals surface area contributed by atoms with E-state index in [1.807, 2.05) is 42.5 Å². The monoisotopic (exact) mass is 594 g/mol. The number of carbonyl (C=O) groups is 6. The molecule has 6 N–H and O–H groups in total. The minimum atomic E-state index is -1.15. The molecular weight excluding hydrogens is 556 g/mol. The lowest BCUT2D eigenvalue weighted by Gasteiger charge is -2.29. The third-order valence-electron chi connectivity index (χ3n) is 6.75. The number of primary amides is 1. The van der Waals surface area contributed by atoms with Crippen molar-refractivity contribution in [3.8, 4) is 0 Å². The molecule has 0 radical (unpaired) electrons. The van der Waals surface area contributed by atoms with Crippen LogP contribution >= 0.6 is 0 Å². The number of nitrogens with two attached hydrogens (primary N) is 1. The van der Waals surface area contributed by atoms with Gasteiger partial charge in [-0.3, -0.25) is 29.4 Å². The topological polar surface area (TPSA) is 186 Å². The van der Waals surface area contributed by atoms with Crippen molar-refractivity contribution >= 4 is 46.3 Å². The Morgan fingerprint density at radius 1 is 0.907 bits per heavy atom. The lowest BCUT2D eigenvalue weighted by atomic mass is 10.0. The fourth-order valence-corrected chi connectivity index (χ4v) is 4.30. The van der Waals surface area contributed by atoms with Gasteiger partial charge in [0, 0.05) is 51.9 Å². The van der Waals surface area contributed by atoms with Crippen molar-refractivity contribution in [3.63, 3.8) is 0 Å². The van der Waals surface area contributed by atoms with Crippen LogP contribution in [0.15, 0.2) is 54.6 Å². The number of carbonyl (C=O) groups excluding carboxylic acids is 6. The molecule has 7 amide bonds. The number of hydrogen-bond donors (Lipinski definition) is 5. The normalized spacial score (nSPS) is 14.4. The third kappa shape index (κ3) is 9.53. The number of amides is 7. The van der Waals surface area contributed by atoms with Gasteiger partial charge < -0.3 is 31.5 Å². The molecule has 1 aliphatic heterocycles. The van der Waals surface area contributed by atoms with Gasteiger partial charge in [-0.1, -0.05) is 42.5 Å². The molecule has 3 rings (SSSR count). The van der Waals surface area contributed by atoms with E-state index < -0.39 is 54.2 Å². The predicted octanol–water partition coefficient (Wildman–Crippen LogP) is -0.792. The van der Waals surface area contributed by atoms with Crippen LogP contribution < -0.4 is 27.1 Å². The van der Waals surface area contributed by atoms with Gasteiger partial charge in [0.25, 0.3) is 11.8 Å².